The van der Waals surface area contributed by atoms with Crippen LogP contribution < -0.4 is 0 Å². The molecular weight excluding hydrogens is 828 g/mol. The molecule has 0 unspecified atom stereocenters. The van der Waals surface area contributed by atoms with E-state index in [9.17, 15) is 38.4 Å². The summed E-state index contributed by atoms with van der Waals surface area (Å²) in [6.07, 6.45) is -6.78. The first-order valence-electron chi connectivity index (χ1n) is 20.8. The van der Waals surface area contributed by atoms with Gasteiger partial charge in [-0.25, -0.2) is 0 Å². The number of carbonyl (C=O) groups is 8. The van der Waals surface area contributed by atoms with Crippen LogP contribution in [0.15, 0.2) is 0 Å². The van der Waals surface area contributed by atoms with E-state index in [0.29, 0.717) is 6.42 Å². The Kier molecular flexibility index (Phi) is 24.5. The Balaban J connectivity index is 2.44. The predicted molar refractivity (Wildman–Crippen MR) is 208 cm³/mol. The molecule has 2 aliphatic heterocycles. The average molecular weight is 893 g/mol. The van der Waals surface area contributed by atoms with Crippen LogP contribution in [0.2, 0.25) is 0 Å². The molecule has 21 heteroatoms. The van der Waals surface area contributed by atoms with Crippen LogP contribution in [0.1, 0.15) is 114 Å². The molecule has 0 radical (unpaired) electrons. The summed E-state index contributed by atoms with van der Waals surface area (Å²) in [7, 11) is 0. The van der Waals surface area contributed by atoms with Gasteiger partial charge in [0.05, 0.1) is 13.2 Å². The molecule has 2 fully saturated rings. The fourth-order valence-corrected chi connectivity index (χ4v) is 6.70. The molecule has 354 valence electrons. The Hall–Kier alpha value is -4.44. The van der Waals surface area contributed by atoms with Crippen molar-refractivity contribution < 1.29 is 99.9 Å². The van der Waals surface area contributed by atoms with Crippen LogP contribution in [0.5, 0.6) is 0 Å². The topological polar surface area (TPSA) is 257 Å². The zero-order valence-corrected chi connectivity index (χ0v) is 37.1. The molecular formula is C41H64O21. The number of carbonyl (C=O) groups excluding carboxylic acids is 8. The molecule has 0 N–H and O–H groups in total. The second-order valence-electron chi connectivity index (χ2n) is 14.8. The third kappa shape index (κ3) is 20.2. The largest absolute Gasteiger partial charge is 0.462 e. The highest BCUT2D eigenvalue weighted by molar-refractivity contribution is 5.69. The van der Waals surface area contributed by atoms with E-state index in [-0.39, 0.29) is 19.8 Å². The van der Waals surface area contributed by atoms with Crippen molar-refractivity contribution >= 4 is 47.8 Å². The maximum atomic E-state index is 12.3. The van der Waals surface area contributed by atoms with Crippen LogP contribution in [-0.4, -0.2) is 148 Å². The SMILES string of the molecule is CCCCCCCCCCOC(CO[C@@H]1O[C@H]([C@@H](COC(C)=O)OC(C)=O)[C@H](OC(C)=O)[C@@H]1OC(C)=O)CO[C@@H]1O[C@H]([C@@H](COC(C)=O)OC(C)=O)[C@H](OC(C)=O)[C@@H]1OC(C)=O. The normalized spacial score (nSPS) is 24.0. The summed E-state index contributed by atoms with van der Waals surface area (Å²) in [4.78, 5) is 96.8. The second kappa shape index (κ2) is 28.3. The molecule has 0 aromatic heterocycles. The van der Waals surface area contributed by atoms with E-state index in [4.69, 9.17) is 61.6 Å². The Bertz CT molecular complexity index is 1370. The lowest BCUT2D eigenvalue weighted by atomic mass is 10.1. The van der Waals surface area contributed by atoms with Gasteiger partial charge in [0.15, 0.2) is 49.2 Å². The van der Waals surface area contributed by atoms with Gasteiger partial charge in [0, 0.05) is 62.0 Å². The minimum absolute atomic E-state index is 0.232. The zero-order chi connectivity index (χ0) is 46.4. The highest BCUT2D eigenvalue weighted by Crippen LogP contribution is 2.34. The van der Waals surface area contributed by atoms with Crippen molar-refractivity contribution in [3.8, 4) is 0 Å². The number of rotatable bonds is 28. The van der Waals surface area contributed by atoms with E-state index in [0.717, 1.165) is 93.9 Å². The summed E-state index contributed by atoms with van der Waals surface area (Å²) in [6, 6.07) is 0. The van der Waals surface area contributed by atoms with E-state index in [2.05, 4.69) is 6.92 Å². The highest BCUT2D eigenvalue weighted by atomic mass is 16.8. The van der Waals surface area contributed by atoms with Gasteiger partial charge in [-0.15, -0.1) is 0 Å². The smallest absolute Gasteiger partial charge is 0.303 e. The van der Waals surface area contributed by atoms with Gasteiger partial charge in [-0.1, -0.05) is 51.9 Å². The van der Waals surface area contributed by atoms with E-state index in [1.54, 1.807) is 0 Å². The van der Waals surface area contributed by atoms with Gasteiger partial charge < -0.3 is 61.6 Å². The predicted octanol–water partition coefficient (Wildman–Crippen LogP) is 2.71. The van der Waals surface area contributed by atoms with Crippen LogP contribution in [0, 0.1) is 0 Å². The van der Waals surface area contributed by atoms with Gasteiger partial charge in [0.1, 0.15) is 31.5 Å². The molecule has 0 aromatic rings. The molecule has 0 saturated carbocycles. The summed E-state index contributed by atoms with van der Waals surface area (Å²) >= 11 is 0. The van der Waals surface area contributed by atoms with Gasteiger partial charge in [-0.2, -0.15) is 0 Å². The van der Waals surface area contributed by atoms with Crippen molar-refractivity contribution in [2.45, 2.75) is 181 Å². The molecule has 2 rings (SSSR count). The van der Waals surface area contributed by atoms with E-state index < -0.39 is 128 Å². The van der Waals surface area contributed by atoms with Gasteiger partial charge in [-0.3, -0.25) is 38.4 Å². The van der Waals surface area contributed by atoms with Gasteiger partial charge >= 0.3 is 47.8 Å². The van der Waals surface area contributed by atoms with E-state index in [1.165, 1.54) is 6.42 Å². The van der Waals surface area contributed by atoms with Gasteiger partial charge in [0.25, 0.3) is 0 Å². The van der Waals surface area contributed by atoms with Gasteiger partial charge in [-0.05, 0) is 6.42 Å². The third-order valence-corrected chi connectivity index (χ3v) is 9.14. The van der Waals surface area contributed by atoms with Crippen molar-refractivity contribution in [2.75, 3.05) is 33.0 Å². The van der Waals surface area contributed by atoms with Crippen molar-refractivity contribution in [3.05, 3.63) is 0 Å². The second-order valence-corrected chi connectivity index (χ2v) is 14.8. The summed E-state index contributed by atoms with van der Waals surface area (Å²) in [5, 5.41) is 0. The van der Waals surface area contributed by atoms with Crippen molar-refractivity contribution in [3.63, 3.8) is 0 Å². The summed E-state index contributed by atoms with van der Waals surface area (Å²) in [5.74, 6) is -6.17. The summed E-state index contributed by atoms with van der Waals surface area (Å²) in [6.45, 7) is 9.59. The van der Waals surface area contributed by atoms with Gasteiger partial charge in [0.2, 0.25) is 0 Å². The molecule has 62 heavy (non-hydrogen) atoms. The lowest BCUT2D eigenvalue weighted by Gasteiger charge is -2.27. The number of ether oxygens (including phenoxy) is 13. The standard InChI is InChI=1S/C41H64O21/c1-10-11-12-13-14-15-16-17-18-50-31(19-53-40-38(59-29(8)48)36(57-27(6)46)34(61-40)32(55-25(4)44)21-51-23(2)42)20-54-41-39(60-30(9)49)37(58-28(7)47)35(62-41)33(56-26(5)45)22-52-24(3)43/h31-41H,10-22H2,1-9H3/t32-,33-,34-,35-,36+,37+,38+,39+,40-,41-/m1/s1. The number of esters is 8. The lowest BCUT2D eigenvalue weighted by Crippen LogP contribution is -2.47. The Labute approximate surface area is 361 Å². The van der Waals surface area contributed by atoms with E-state index in [1.807, 2.05) is 0 Å². The minimum atomic E-state index is -1.47. The van der Waals surface area contributed by atoms with Crippen molar-refractivity contribution in [1.82, 2.24) is 0 Å². The molecule has 21 nitrogen and oxygen atoms in total. The first-order valence-corrected chi connectivity index (χ1v) is 20.8. The van der Waals surface area contributed by atoms with Crippen LogP contribution in [0.25, 0.3) is 0 Å². The lowest BCUT2D eigenvalue weighted by molar-refractivity contribution is -0.226. The fraction of sp³-hybridized carbons (Fsp3) is 0.805. The Morgan fingerprint density at radius 2 is 0.790 bits per heavy atom. The molecule has 0 spiro atoms. The molecule has 0 amide bonds. The molecule has 0 aromatic carbocycles. The van der Waals surface area contributed by atoms with Crippen LogP contribution in [-0.2, 0) is 99.9 Å². The van der Waals surface area contributed by atoms with Crippen LogP contribution in [0.3, 0.4) is 0 Å². The highest BCUT2D eigenvalue weighted by Gasteiger charge is 2.56. The van der Waals surface area contributed by atoms with Crippen LogP contribution in [0.4, 0.5) is 0 Å². The maximum Gasteiger partial charge on any atom is 0.303 e. The number of hydrogen-bond donors (Lipinski definition) is 0. The van der Waals surface area contributed by atoms with Crippen molar-refractivity contribution in [1.29, 1.82) is 0 Å². The minimum Gasteiger partial charge on any atom is -0.462 e. The molecule has 0 aliphatic carbocycles. The first kappa shape index (κ1) is 53.7. The number of unbranched alkanes of at least 4 members (excludes halogenated alkanes) is 7. The Morgan fingerprint density at radius 1 is 0.435 bits per heavy atom. The molecule has 0 bridgehead atoms. The average Bonchev–Trinajstić information content (AvgIpc) is 3.66. The third-order valence-electron chi connectivity index (χ3n) is 9.14. The fourth-order valence-electron chi connectivity index (χ4n) is 6.70. The molecule has 10 atom stereocenters. The molecule has 2 aliphatic rings. The van der Waals surface area contributed by atoms with E-state index >= 15 is 0 Å². The quantitative estimate of drug-likeness (QED) is 0.0621. The maximum absolute atomic E-state index is 12.3. The summed E-state index contributed by atoms with van der Waals surface area (Å²) < 4.78 is 73.5. The first-order chi connectivity index (χ1) is 29.3. The number of hydrogen-bond acceptors (Lipinski definition) is 21. The van der Waals surface area contributed by atoms with Crippen molar-refractivity contribution in [2.24, 2.45) is 0 Å². The monoisotopic (exact) mass is 892 g/mol. The molecule has 2 heterocycles. The van der Waals surface area contributed by atoms with Crippen LogP contribution >= 0.6 is 0 Å². The Morgan fingerprint density at radius 3 is 1.13 bits per heavy atom. The zero-order valence-electron chi connectivity index (χ0n) is 37.1. The molecule has 2 saturated heterocycles. The summed E-state index contributed by atoms with van der Waals surface area (Å²) in [5.41, 5.74) is 0.